The summed E-state index contributed by atoms with van der Waals surface area (Å²) in [4.78, 5) is 11.6. The number of ether oxygens (including phenoxy) is 1. The molecule has 0 bridgehead atoms. The second-order valence-electron chi connectivity index (χ2n) is 4.73. The zero-order chi connectivity index (χ0) is 14.5. The lowest BCUT2D eigenvalue weighted by molar-refractivity contribution is -0.141. The number of carbonyl (C=O) groups excluding carboxylic acids is 1. The minimum absolute atomic E-state index is 0.281. The number of rotatable bonds is 4. The summed E-state index contributed by atoms with van der Waals surface area (Å²) in [5, 5.41) is 10.4. The van der Waals surface area contributed by atoms with Crippen LogP contribution in [0.1, 0.15) is 35.6 Å². The number of carbonyl (C=O) groups is 1. The van der Waals surface area contributed by atoms with E-state index in [1.54, 1.807) is 6.92 Å². The molecule has 2 rings (SSSR count). The summed E-state index contributed by atoms with van der Waals surface area (Å²) >= 11 is 0. The van der Waals surface area contributed by atoms with Crippen LogP contribution in [0.2, 0.25) is 0 Å². The summed E-state index contributed by atoms with van der Waals surface area (Å²) in [6.45, 7) is 1.79. The lowest BCUT2D eigenvalue weighted by atomic mass is 9.95. The standard InChI is InChI=1S/C17H18O3/c1-12(17(19)20-2)14-9-6-10-15(11-14)16(18)13-7-4-3-5-8-13/h3-12,16,18H,1-2H3. The van der Waals surface area contributed by atoms with Crippen LogP contribution in [0.5, 0.6) is 0 Å². The average molecular weight is 270 g/mol. The third-order valence-corrected chi connectivity index (χ3v) is 3.40. The van der Waals surface area contributed by atoms with Crippen LogP contribution in [-0.4, -0.2) is 18.2 Å². The predicted octanol–water partition coefficient (Wildman–Crippen LogP) is 3.04. The summed E-state index contributed by atoms with van der Waals surface area (Å²) in [6, 6.07) is 16.8. The van der Waals surface area contributed by atoms with Crippen LogP contribution in [0.3, 0.4) is 0 Å². The normalized spacial score (nSPS) is 13.6. The molecule has 0 amide bonds. The van der Waals surface area contributed by atoms with Gasteiger partial charge in [0.2, 0.25) is 0 Å². The highest BCUT2D eigenvalue weighted by molar-refractivity contribution is 5.77. The van der Waals surface area contributed by atoms with Gasteiger partial charge in [0, 0.05) is 0 Å². The molecule has 0 aliphatic carbocycles. The van der Waals surface area contributed by atoms with E-state index >= 15 is 0 Å². The van der Waals surface area contributed by atoms with E-state index in [0.29, 0.717) is 0 Å². The van der Waals surface area contributed by atoms with Gasteiger partial charge in [-0.2, -0.15) is 0 Å². The van der Waals surface area contributed by atoms with Crippen LogP contribution in [-0.2, 0) is 9.53 Å². The van der Waals surface area contributed by atoms with Gasteiger partial charge >= 0.3 is 5.97 Å². The molecule has 0 aliphatic heterocycles. The molecule has 20 heavy (non-hydrogen) atoms. The van der Waals surface area contributed by atoms with Gasteiger partial charge in [0.25, 0.3) is 0 Å². The molecule has 0 saturated carbocycles. The molecule has 1 N–H and O–H groups in total. The monoisotopic (exact) mass is 270 g/mol. The smallest absolute Gasteiger partial charge is 0.312 e. The van der Waals surface area contributed by atoms with Gasteiger partial charge in [0.1, 0.15) is 6.10 Å². The first kappa shape index (κ1) is 14.3. The molecule has 2 unspecified atom stereocenters. The van der Waals surface area contributed by atoms with Crippen molar-refractivity contribution in [2.24, 2.45) is 0 Å². The minimum atomic E-state index is -0.694. The van der Waals surface area contributed by atoms with Crippen molar-refractivity contribution in [1.29, 1.82) is 0 Å². The van der Waals surface area contributed by atoms with Gasteiger partial charge in [-0.05, 0) is 23.6 Å². The molecule has 0 radical (unpaired) electrons. The molecule has 104 valence electrons. The highest BCUT2D eigenvalue weighted by Gasteiger charge is 2.17. The summed E-state index contributed by atoms with van der Waals surface area (Å²) in [5.41, 5.74) is 2.43. The fraction of sp³-hybridized carbons (Fsp3) is 0.235. The second-order valence-corrected chi connectivity index (χ2v) is 4.73. The highest BCUT2D eigenvalue weighted by atomic mass is 16.5. The van der Waals surface area contributed by atoms with Crippen LogP contribution in [0.25, 0.3) is 0 Å². The van der Waals surface area contributed by atoms with Crippen molar-refractivity contribution in [2.45, 2.75) is 18.9 Å². The Morgan fingerprint density at radius 2 is 1.60 bits per heavy atom. The van der Waals surface area contributed by atoms with E-state index < -0.39 is 6.10 Å². The minimum Gasteiger partial charge on any atom is -0.469 e. The highest BCUT2D eigenvalue weighted by Crippen LogP contribution is 2.25. The van der Waals surface area contributed by atoms with Crippen LogP contribution >= 0.6 is 0 Å². The first-order chi connectivity index (χ1) is 9.63. The van der Waals surface area contributed by atoms with Gasteiger partial charge in [0.15, 0.2) is 0 Å². The van der Waals surface area contributed by atoms with Crippen LogP contribution in [0.15, 0.2) is 54.6 Å². The SMILES string of the molecule is COC(=O)C(C)c1cccc(C(O)c2ccccc2)c1. The Hall–Kier alpha value is -2.13. The molecule has 3 heteroatoms. The van der Waals surface area contributed by atoms with Crippen LogP contribution in [0, 0.1) is 0 Å². The Morgan fingerprint density at radius 3 is 2.25 bits per heavy atom. The van der Waals surface area contributed by atoms with Crippen molar-refractivity contribution >= 4 is 5.97 Å². The Labute approximate surface area is 118 Å². The first-order valence-corrected chi connectivity index (χ1v) is 6.54. The molecular weight excluding hydrogens is 252 g/mol. The Morgan fingerprint density at radius 1 is 1.00 bits per heavy atom. The van der Waals surface area contributed by atoms with E-state index in [2.05, 4.69) is 0 Å². The molecule has 2 aromatic carbocycles. The number of hydrogen-bond acceptors (Lipinski definition) is 3. The number of benzene rings is 2. The first-order valence-electron chi connectivity index (χ1n) is 6.54. The van der Waals surface area contributed by atoms with Crippen molar-refractivity contribution in [1.82, 2.24) is 0 Å². The number of esters is 1. The van der Waals surface area contributed by atoms with Gasteiger partial charge in [0.05, 0.1) is 13.0 Å². The number of aliphatic hydroxyl groups excluding tert-OH is 1. The van der Waals surface area contributed by atoms with E-state index in [9.17, 15) is 9.90 Å². The van der Waals surface area contributed by atoms with E-state index in [-0.39, 0.29) is 11.9 Å². The van der Waals surface area contributed by atoms with Gasteiger partial charge in [-0.1, -0.05) is 54.6 Å². The summed E-state index contributed by atoms with van der Waals surface area (Å²) in [6.07, 6.45) is -0.694. The van der Waals surface area contributed by atoms with E-state index in [0.717, 1.165) is 16.7 Å². The number of aliphatic hydroxyl groups is 1. The van der Waals surface area contributed by atoms with Gasteiger partial charge in [-0.25, -0.2) is 0 Å². The molecule has 0 heterocycles. The topological polar surface area (TPSA) is 46.5 Å². The Kier molecular flexibility index (Phi) is 4.53. The van der Waals surface area contributed by atoms with Gasteiger partial charge < -0.3 is 9.84 Å². The van der Waals surface area contributed by atoms with Gasteiger partial charge in [-0.15, -0.1) is 0 Å². The third-order valence-electron chi connectivity index (χ3n) is 3.40. The molecule has 0 fully saturated rings. The van der Waals surface area contributed by atoms with Crippen molar-refractivity contribution in [3.8, 4) is 0 Å². The number of hydrogen-bond donors (Lipinski definition) is 1. The molecule has 0 aliphatic rings. The molecule has 0 aromatic heterocycles. The van der Waals surface area contributed by atoms with Gasteiger partial charge in [-0.3, -0.25) is 4.79 Å². The Bertz CT molecular complexity index is 578. The number of methoxy groups -OCH3 is 1. The molecular formula is C17H18O3. The second kappa shape index (κ2) is 6.35. The Balaban J connectivity index is 2.28. The lowest BCUT2D eigenvalue weighted by Crippen LogP contribution is -2.11. The van der Waals surface area contributed by atoms with Crippen molar-refractivity contribution in [3.63, 3.8) is 0 Å². The maximum Gasteiger partial charge on any atom is 0.312 e. The van der Waals surface area contributed by atoms with E-state index in [1.165, 1.54) is 7.11 Å². The fourth-order valence-electron chi connectivity index (χ4n) is 2.14. The zero-order valence-electron chi connectivity index (χ0n) is 11.6. The van der Waals surface area contributed by atoms with Crippen molar-refractivity contribution in [2.75, 3.05) is 7.11 Å². The van der Waals surface area contributed by atoms with Crippen molar-refractivity contribution < 1.29 is 14.6 Å². The zero-order valence-corrected chi connectivity index (χ0v) is 11.6. The van der Waals surface area contributed by atoms with E-state index in [4.69, 9.17) is 4.74 Å². The molecule has 2 aromatic rings. The largest absolute Gasteiger partial charge is 0.469 e. The van der Waals surface area contributed by atoms with Crippen LogP contribution in [0.4, 0.5) is 0 Å². The molecule has 0 saturated heterocycles. The van der Waals surface area contributed by atoms with E-state index in [1.807, 2.05) is 54.6 Å². The third kappa shape index (κ3) is 3.06. The van der Waals surface area contributed by atoms with Crippen LogP contribution < -0.4 is 0 Å². The molecule has 0 spiro atoms. The molecule has 2 atom stereocenters. The maximum absolute atomic E-state index is 11.6. The quantitative estimate of drug-likeness (QED) is 0.869. The summed E-state index contributed by atoms with van der Waals surface area (Å²) in [5.74, 6) is -0.626. The maximum atomic E-state index is 11.6. The lowest BCUT2D eigenvalue weighted by Gasteiger charge is -2.15. The summed E-state index contributed by atoms with van der Waals surface area (Å²) in [7, 11) is 1.38. The summed E-state index contributed by atoms with van der Waals surface area (Å²) < 4.78 is 4.75. The molecule has 3 nitrogen and oxygen atoms in total. The average Bonchev–Trinajstić information content (AvgIpc) is 2.53. The predicted molar refractivity (Wildman–Crippen MR) is 77.4 cm³/mol. The van der Waals surface area contributed by atoms with Crippen molar-refractivity contribution in [3.05, 3.63) is 71.3 Å². The fourth-order valence-corrected chi connectivity index (χ4v) is 2.14.